The van der Waals surface area contributed by atoms with E-state index in [0.29, 0.717) is 10.0 Å². The largest absolute Gasteiger partial charge is 0.481 e. The van der Waals surface area contributed by atoms with Crippen LogP contribution < -0.4 is 5.32 Å². The number of halogens is 2. The molecule has 1 atom stereocenters. The number of nitrogens with one attached hydrogen (secondary N) is 1. The molecule has 0 heterocycles. The lowest BCUT2D eigenvalue weighted by molar-refractivity contribution is -0.137. The van der Waals surface area contributed by atoms with E-state index in [9.17, 15) is 14.0 Å². The molecule has 1 aromatic carbocycles. The molecule has 18 heavy (non-hydrogen) atoms. The summed E-state index contributed by atoms with van der Waals surface area (Å²) in [5.41, 5.74) is 0.318. The van der Waals surface area contributed by atoms with Crippen LogP contribution in [0.5, 0.6) is 0 Å². The molecular formula is C12H13BrFNO3. The molecule has 6 heteroatoms. The monoisotopic (exact) mass is 317 g/mol. The minimum atomic E-state index is -0.903. The van der Waals surface area contributed by atoms with Crippen molar-refractivity contribution in [3.63, 3.8) is 0 Å². The van der Waals surface area contributed by atoms with E-state index in [-0.39, 0.29) is 24.8 Å². The third-order valence-corrected chi connectivity index (χ3v) is 2.97. The second-order valence-electron chi connectivity index (χ2n) is 4.04. The fourth-order valence-electron chi connectivity index (χ4n) is 1.41. The van der Waals surface area contributed by atoms with Crippen molar-refractivity contribution in [3.8, 4) is 0 Å². The lowest BCUT2D eigenvalue weighted by Crippen LogP contribution is -2.29. The number of amides is 1. The minimum absolute atomic E-state index is 0.00906. The van der Waals surface area contributed by atoms with Crippen LogP contribution in [0.3, 0.4) is 0 Å². The van der Waals surface area contributed by atoms with Crippen LogP contribution in [0.1, 0.15) is 23.7 Å². The Bertz CT molecular complexity index is 465. The van der Waals surface area contributed by atoms with Gasteiger partial charge in [0, 0.05) is 17.4 Å². The Morgan fingerprint density at radius 3 is 2.72 bits per heavy atom. The van der Waals surface area contributed by atoms with Gasteiger partial charge in [0.15, 0.2) is 0 Å². The summed E-state index contributed by atoms with van der Waals surface area (Å²) in [7, 11) is 0. The summed E-state index contributed by atoms with van der Waals surface area (Å²) in [6, 6.07) is 3.77. The van der Waals surface area contributed by atoms with E-state index in [2.05, 4.69) is 21.2 Å². The molecule has 98 valence electrons. The first-order chi connectivity index (χ1) is 8.40. The van der Waals surface area contributed by atoms with E-state index in [1.807, 2.05) is 0 Å². The van der Waals surface area contributed by atoms with Gasteiger partial charge in [-0.15, -0.1) is 0 Å². The molecule has 0 saturated carbocycles. The van der Waals surface area contributed by atoms with Gasteiger partial charge in [-0.3, -0.25) is 9.59 Å². The van der Waals surface area contributed by atoms with Crippen molar-refractivity contribution >= 4 is 27.8 Å². The predicted octanol–water partition coefficient (Wildman–Crippen LogP) is 2.43. The van der Waals surface area contributed by atoms with Crippen LogP contribution in [-0.2, 0) is 4.79 Å². The summed E-state index contributed by atoms with van der Waals surface area (Å²) in [5, 5.41) is 11.2. The Balaban J connectivity index is 2.58. The zero-order valence-electron chi connectivity index (χ0n) is 9.74. The number of aliphatic carboxylic acids is 1. The SMILES string of the molecule is CC(CNC(=O)c1ccc(F)cc1Br)CC(=O)O. The molecule has 1 rings (SSSR count). The molecule has 0 aliphatic rings. The molecular weight excluding hydrogens is 305 g/mol. The predicted molar refractivity (Wildman–Crippen MR) is 67.9 cm³/mol. The van der Waals surface area contributed by atoms with Crippen molar-refractivity contribution in [1.29, 1.82) is 0 Å². The van der Waals surface area contributed by atoms with E-state index in [4.69, 9.17) is 5.11 Å². The summed E-state index contributed by atoms with van der Waals surface area (Å²) in [4.78, 5) is 22.2. The Kier molecular flexibility index (Phi) is 5.27. The standard InChI is InChI=1S/C12H13BrFNO3/c1-7(4-11(16)17)6-15-12(18)9-3-2-8(14)5-10(9)13/h2-3,5,7H,4,6H2,1H3,(H,15,18)(H,16,17). The normalized spacial score (nSPS) is 11.9. The third kappa shape index (κ3) is 4.44. The topological polar surface area (TPSA) is 66.4 Å². The zero-order chi connectivity index (χ0) is 13.7. The number of rotatable bonds is 5. The van der Waals surface area contributed by atoms with Gasteiger partial charge in [0.1, 0.15) is 5.82 Å². The van der Waals surface area contributed by atoms with Crippen molar-refractivity contribution in [2.24, 2.45) is 5.92 Å². The Labute approximate surface area is 112 Å². The fraction of sp³-hybridized carbons (Fsp3) is 0.333. The maximum atomic E-state index is 12.8. The highest BCUT2D eigenvalue weighted by Gasteiger charge is 2.13. The molecule has 0 aromatic heterocycles. The number of carboxylic acid groups (broad SMARTS) is 1. The Morgan fingerprint density at radius 2 is 2.17 bits per heavy atom. The highest BCUT2D eigenvalue weighted by Crippen LogP contribution is 2.17. The van der Waals surface area contributed by atoms with E-state index in [1.54, 1.807) is 6.92 Å². The van der Waals surface area contributed by atoms with Crippen LogP contribution in [0.25, 0.3) is 0 Å². The van der Waals surface area contributed by atoms with Crippen LogP contribution in [-0.4, -0.2) is 23.5 Å². The first kappa shape index (κ1) is 14.6. The average molecular weight is 318 g/mol. The summed E-state index contributed by atoms with van der Waals surface area (Å²) in [5.74, 6) is -1.86. The third-order valence-electron chi connectivity index (χ3n) is 2.31. The maximum absolute atomic E-state index is 12.8. The van der Waals surface area contributed by atoms with Crippen molar-refractivity contribution < 1.29 is 19.1 Å². The van der Waals surface area contributed by atoms with Gasteiger partial charge >= 0.3 is 5.97 Å². The van der Waals surface area contributed by atoms with E-state index in [1.165, 1.54) is 18.2 Å². The highest BCUT2D eigenvalue weighted by atomic mass is 79.9. The van der Waals surface area contributed by atoms with E-state index in [0.717, 1.165) is 0 Å². The van der Waals surface area contributed by atoms with Crippen LogP contribution in [0, 0.1) is 11.7 Å². The fourth-order valence-corrected chi connectivity index (χ4v) is 1.94. The van der Waals surface area contributed by atoms with Crippen LogP contribution in [0.15, 0.2) is 22.7 Å². The lowest BCUT2D eigenvalue weighted by Gasteiger charge is -2.11. The lowest BCUT2D eigenvalue weighted by atomic mass is 10.1. The van der Waals surface area contributed by atoms with Crippen LogP contribution in [0.4, 0.5) is 4.39 Å². The number of hydrogen-bond donors (Lipinski definition) is 2. The van der Waals surface area contributed by atoms with Gasteiger partial charge < -0.3 is 10.4 Å². The highest BCUT2D eigenvalue weighted by molar-refractivity contribution is 9.10. The molecule has 0 spiro atoms. The smallest absolute Gasteiger partial charge is 0.303 e. The van der Waals surface area contributed by atoms with Gasteiger partial charge in [0.2, 0.25) is 0 Å². The second kappa shape index (κ2) is 6.49. The van der Waals surface area contributed by atoms with Crippen molar-refractivity contribution in [2.45, 2.75) is 13.3 Å². The summed E-state index contributed by atoms with van der Waals surface area (Å²) < 4.78 is 13.2. The van der Waals surface area contributed by atoms with Gasteiger partial charge in [-0.25, -0.2) is 4.39 Å². The van der Waals surface area contributed by atoms with Gasteiger partial charge in [0.25, 0.3) is 5.91 Å². The van der Waals surface area contributed by atoms with Crippen LogP contribution in [0.2, 0.25) is 0 Å². The van der Waals surface area contributed by atoms with Crippen LogP contribution >= 0.6 is 15.9 Å². The van der Waals surface area contributed by atoms with E-state index < -0.39 is 11.8 Å². The van der Waals surface area contributed by atoms with Gasteiger partial charge in [-0.05, 0) is 40.0 Å². The molecule has 4 nitrogen and oxygen atoms in total. The average Bonchev–Trinajstić information content (AvgIpc) is 2.25. The van der Waals surface area contributed by atoms with Gasteiger partial charge in [-0.2, -0.15) is 0 Å². The molecule has 0 aliphatic carbocycles. The van der Waals surface area contributed by atoms with Crippen molar-refractivity contribution in [3.05, 3.63) is 34.1 Å². The van der Waals surface area contributed by atoms with Gasteiger partial charge in [0.05, 0.1) is 5.56 Å². The number of carboxylic acids is 1. The number of carbonyl (C=O) groups excluding carboxylic acids is 1. The quantitative estimate of drug-likeness (QED) is 0.876. The van der Waals surface area contributed by atoms with Gasteiger partial charge in [-0.1, -0.05) is 6.92 Å². The molecule has 2 N–H and O–H groups in total. The molecule has 0 aliphatic heterocycles. The van der Waals surface area contributed by atoms with Crippen molar-refractivity contribution in [1.82, 2.24) is 5.32 Å². The zero-order valence-corrected chi connectivity index (χ0v) is 11.3. The molecule has 0 fully saturated rings. The van der Waals surface area contributed by atoms with E-state index >= 15 is 0 Å². The summed E-state index contributed by atoms with van der Waals surface area (Å²) >= 11 is 3.10. The molecule has 1 amide bonds. The number of benzene rings is 1. The second-order valence-corrected chi connectivity index (χ2v) is 4.89. The summed E-state index contributed by atoms with van der Waals surface area (Å²) in [6.45, 7) is 1.99. The first-order valence-electron chi connectivity index (χ1n) is 5.35. The maximum Gasteiger partial charge on any atom is 0.303 e. The number of hydrogen-bond acceptors (Lipinski definition) is 2. The first-order valence-corrected chi connectivity index (χ1v) is 6.14. The summed E-state index contributed by atoms with van der Waals surface area (Å²) in [6.07, 6.45) is -0.00906. The Hall–Kier alpha value is -1.43. The minimum Gasteiger partial charge on any atom is -0.481 e. The Morgan fingerprint density at radius 1 is 1.50 bits per heavy atom. The molecule has 1 aromatic rings. The molecule has 0 bridgehead atoms. The van der Waals surface area contributed by atoms with Crippen molar-refractivity contribution in [2.75, 3.05) is 6.54 Å². The molecule has 0 radical (unpaired) electrons. The molecule has 0 saturated heterocycles. The number of carbonyl (C=O) groups is 2. The molecule has 1 unspecified atom stereocenters.